The van der Waals surface area contributed by atoms with Gasteiger partial charge in [0.25, 0.3) is 10.0 Å². The molecule has 108 valence electrons. The first-order chi connectivity index (χ1) is 9.17. The van der Waals surface area contributed by atoms with Gasteiger partial charge in [-0.2, -0.15) is 17.6 Å². The van der Waals surface area contributed by atoms with Crippen molar-refractivity contribution in [3.8, 4) is 0 Å². The minimum atomic E-state index is -3.72. The summed E-state index contributed by atoms with van der Waals surface area (Å²) in [5, 5.41) is 4.12. The van der Waals surface area contributed by atoms with Crippen LogP contribution in [0.3, 0.4) is 0 Å². The molecule has 2 aromatic rings. The van der Waals surface area contributed by atoms with E-state index in [-0.39, 0.29) is 0 Å². The van der Waals surface area contributed by atoms with E-state index in [0.29, 0.717) is 9.92 Å². The molecular formula is C14H17ClN2O2S. The Morgan fingerprint density at radius 3 is 1.80 bits per heavy atom. The Balaban J connectivity index is 2.83. The van der Waals surface area contributed by atoms with Crippen LogP contribution in [0.25, 0.3) is 0 Å². The predicted molar refractivity (Wildman–Crippen MR) is 79.9 cm³/mol. The monoisotopic (exact) mass is 312 g/mol. The van der Waals surface area contributed by atoms with Gasteiger partial charge in [-0.05, 0) is 62.4 Å². The quantitative estimate of drug-likeness (QED) is 0.854. The molecule has 0 amide bonds. The van der Waals surface area contributed by atoms with E-state index in [0.717, 1.165) is 31.9 Å². The van der Waals surface area contributed by atoms with Crippen LogP contribution in [0.1, 0.15) is 27.8 Å². The molecule has 0 saturated carbocycles. The molecule has 0 fully saturated rings. The van der Waals surface area contributed by atoms with E-state index in [2.05, 4.69) is 5.10 Å². The number of hydrogen-bond donors (Lipinski definition) is 0. The van der Waals surface area contributed by atoms with Crippen LogP contribution < -0.4 is 0 Å². The van der Waals surface area contributed by atoms with Gasteiger partial charge in [-0.25, -0.2) is 0 Å². The van der Waals surface area contributed by atoms with E-state index >= 15 is 0 Å². The second-order valence-electron chi connectivity index (χ2n) is 4.99. The number of halogens is 1. The Morgan fingerprint density at radius 2 is 1.40 bits per heavy atom. The van der Waals surface area contributed by atoms with Crippen molar-refractivity contribution in [2.24, 2.45) is 0 Å². The Bertz CT molecular complexity index is 763. The average molecular weight is 313 g/mol. The Kier molecular flexibility index (Phi) is 3.69. The third kappa shape index (κ3) is 2.15. The van der Waals surface area contributed by atoms with Crippen LogP contribution in [0.4, 0.5) is 0 Å². The number of aromatic nitrogens is 2. The summed E-state index contributed by atoms with van der Waals surface area (Å²) in [7, 11) is -3.72. The molecule has 0 aliphatic carbocycles. The fraction of sp³-hybridized carbons (Fsp3) is 0.357. The maximum absolute atomic E-state index is 12.7. The second kappa shape index (κ2) is 4.90. The van der Waals surface area contributed by atoms with Gasteiger partial charge in [-0.3, -0.25) is 0 Å². The lowest BCUT2D eigenvalue weighted by molar-refractivity contribution is 0.578. The smallest absolute Gasteiger partial charge is 0.199 e. The molecule has 4 nitrogen and oxygen atoms in total. The highest BCUT2D eigenvalue weighted by molar-refractivity contribution is 7.90. The molecule has 0 aliphatic heterocycles. The molecule has 2 rings (SSSR count). The van der Waals surface area contributed by atoms with Crippen LogP contribution in [0.2, 0.25) is 5.02 Å². The maximum Gasteiger partial charge on any atom is 0.283 e. The van der Waals surface area contributed by atoms with E-state index in [4.69, 9.17) is 11.6 Å². The molecule has 1 aromatic carbocycles. The lowest BCUT2D eigenvalue weighted by Gasteiger charge is -2.18. The number of benzene rings is 1. The minimum absolute atomic E-state index is 0.296. The normalized spacial score (nSPS) is 11.9. The SMILES string of the molecule is Cc1c(C)c(C)c(S(=O)(=O)n2cc(Cl)cn2)c(C)c1C. The van der Waals surface area contributed by atoms with Crippen molar-refractivity contribution >= 4 is 21.6 Å². The molecule has 20 heavy (non-hydrogen) atoms. The van der Waals surface area contributed by atoms with Gasteiger partial charge in [0.2, 0.25) is 0 Å². The average Bonchev–Trinajstić information content (AvgIpc) is 2.81. The Labute approximate surface area is 124 Å². The summed E-state index contributed by atoms with van der Waals surface area (Å²) in [5.74, 6) is 0. The zero-order valence-corrected chi connectivity index (χ0v) is 13.7. The van der Waals surface area contributed by atoms with E-state index in [1.54, 1.807) is 0 Å². The summed E-state index contributed by atoms with van der Waals surface area (Å²) in [6, 6.07) is 0. The van der Waals surface area contributed by atoms with Crippen LogP contribution in [0, 0.1) is 34.6 Å². The van der Waals surface area contributed by atoms with Gasteiger partial charge < -0.3 is 0 Å². The predicted octanol–water partition coefficient (Wildman–Crippen LogP) is 3.32. The van der Waals surface area contributed by atoms with Crippen molar-refractivity contribution < 1.29 is 8.42 Å². The standard InChI is InChI=1S/C14H17ClN2O2S/c1-8-9(2)11(4)14(12(5)10(8)3)20(18,19)17-7-13(15)6-16-17/h6-7H,1-5H3. The molecule has 1 aromatic heterocycles. The fourth-order valence-electron chi connectivity index (χ4n) is 2.36. The summed E-state index contributed by atoms with van der Waals surface area (Å²) < 4.78 is 26.4. The molecule has 6 heteroatoms. The van der Waals surface area contributed by atoms with Crippen LogP contribution in [0.15, 0.2) is 17.3 Å². The van der Waals surface area contributed by atoms with E-state index in [9.17, 15) is 8.42 Å². The van der Waals surface area contributed by atoms with Gasteiger partial charge in [-0.15, -0.1) is 0 Å². The number of hydrogen-bond acceptors (Lipinski definition) is 3. The molecule has 0 aliphatic rings. The van der Waals surface area contributed by atoms with E-state index in [1.165, 1.54) is 12.4 Å². The highest BCUT2D eigenvalue weighted by atomic mass is 35.5. The first-order valence-electron chi connectivity index (χ1n) is 6.20. The molecule has 0 unspecified atom stereocenters. The van der Waals surface area contributed by atoms with Crippen molar-refractivity contribution in [2.45, 2.75) is 39.5 Å². The van der Waals surface area contributed by atoms with Crippen molar-refractivity contribution in [3.63, 3.8) is 0 Å². The van der Waals surface area contributed by atoms with Crippen LogP contribution >= 0.6 is 11.6 Å². The first-order valence-corrected chi connectivity index (χ1v) is 8.02. The van der Waals surface area contributed by atoms with E-state index < -0.39 is 10.0 Å². The topological polar surface area (TPSA) is 52.0 Å². The molecule has 0 saturated heterocycles. The maximum atomic E-state index is 12.7. The van der Waals surface area contributed by atoms with Crippen molar-refractivity contribution in [3.05, 3.63) is 45.2 Å². The van der Waals surface area contributed by atoms with Gasteiger partial charge in [-0.1, -0.05) is 11.6 Å². The zero-order chi connectivity index (χ0) is 15.2. The largest absolute Gasteiger partial charge is 0.283 e. The fourth-order valence-corrected chi connectivity index (χ4v) is 4.25. The number of rotatable bonds is 2. The molecule has 0 bridgehead atoms. The lowest BCUT2D eigenvalue weighted by Crippen LogP contribution is -2.18. The third-order valence-corrected chi connectivity index (χ3v) is 5.98. The lowest BCUT2D eigenvalue weighted by atomic mass is 9.95. The highest BCUT2D eigenvalue weighted by Crippen LogP contribution is 2.30. The first kappa shape index (κ1) is 15.1. The van der Waals surface area contributed by atoms with Crippen molar-refractivity contribution in [2.75, 3.05) is 0 Å². The van der Waals surface area contributed by atoms with Crippen molar-refractivity contribution in [1.82, 2.24) is 9.19 Å². The van der Waals surface area contributed by atoms with Gasteiger partial charge in [0.1, 0.15) is 0 Å². The Hall–Kier alpha value is -1.33. The summed E-state index contributed by atoms with van der Waals surface area (Å²) in [6.45, 7) is 9.53. The van der Waals surface area contributed by atoms with Gasteiger partial charge in [0.15, 0.2) is 0 Å². The minimum Gasteiger partial charge on any atom is -0.199 e. The molecule has 0 atom stereocenters. The molecular weight excluding hydrogens is 296 g/mol. The summed E-state index contributed by atoms with van der Waals surface area (Å²) in [6.07, 6.45) is 2.62. The molecule has 0 radical (unpaired) electrons. The zero-order valence-electron chi connectivity index (χ0n) is 12.2. The second-order valence-corrected chi connectivity index (χ2v) is 7.16. The molecule has 1 heterocycles. The summed E-state index contributed by atoms with van der Waals surface area (Å²) in [4.78, 5) is 0.317. The highest BCUT2D eigenvalue weighted by Gasteiger charge is 2.25. The van der Waals surface area contributed by atoms with Crippen molar-refractivity contribution in [1.29, 1.82) is 0 Å². The van der Waals surface area contributed by atoms with Gasteiger partial charge >= 0.3 is 0 Å². The van der Waals surface area contributed by atoms with Crippen LogP contribution in [-0.2, 0) is 10.0 Å². The van der Waals surface area contributed by atoms with Gasteiger partial charge in [0.05, 0.1) is 22.3 Å². The number of nitrogens with zero attached hydrogens (tertiary/aromatic N) is 2. The summed E-state index contributed by atoms with van der Waals surface area (Å²) in [5.41, 5.74) is 4.63. The Morgan fingerprint density at radius 1 is 0.950 bits per heavy atom. The summed E-state index contributed by atoms with van der Waals surface area (Å²) >= 11 is 5.77. The van der Waals surface area contributed by atoms with E-state index in [1.807, 2.05) is 34.6 Å². The molecule has 0 N–H and O–H groups in total. The molecule has 0 spiro atoms. The van der Waals surface area contributed by atoms with Crippen LogP contribution in [-0.4, -0.2) is 17.6 Å². The third-order valence-electron chi connectivity index (χ3n) is 3.96. The van der Waals surface area contributed by atoms with Crippen LogP contribution in [0.5, 0.6) is 0 Å². The van der Waals surface area contributed by atoms with Gasteiger partial charge in [0, 0.05) is 0 Å².